The fraction of sp³-hybridized carbons (Fsp3) is 0.529. The van der Waals surface area contributed by atoms with Crippen molar-refractivity contribution in [3.63, 3.8) is 0 Å². The maximum absolute atomic E-state index is 12.4. The summed E-state index contributed by atoms with van der Waals surface area (Å²) in [6.07, 6.45) is 7.14. The number of hydrogen-bond acceptors (Lipinski definition) is 3. The maximum atomic E-state index is 12.4. The first-order chi connectivity index (χ1) is 10.2. The van der Waals surface area contributed by atoms with Gasteiger partial charge in [0.25, 0.3) is 0 Å². The van der Waals surface area contributed by atoms with Gasteiger partial charge in [0.05, 0.1) is 0 Å². The molecule has 2 unspecified atom stereocenters. The molecule has 3 nitrogen and oxygen atoms in total. The van der Waals surface area contributed by atoms with Gasteiger partial charge in [0, 0.05) is 23.2 Å². The van der Waals surface area contributed by atoms with E-state index in [1.807, 2.05) is 6.26 Å². The minimum absolute atomic E-state index is 0.0367. The Morgan fingerprint density at radius 1 is 1.10 bits per heavy atom. The van der Waals surface area contributed by atoms with Gasteiger partial charge in [0.1, 0.15) is 0 Å². The van der Waals surface area contributed by atoms with Crippen molar-refractivity contribution in [2.45, 2.75) is 42.9 Å². The first kappa shape index (κ1) is 14.6. The lowest BCUT2D eigenvalue weighted by atomic mass is 9.73. The molecule has 1 aliphatic carbocycles. The quantitative estimate of drug-likeness (QED) is 0.688. The van der Waals surface area contributed by atoms with Crippen molar-refractivity contribution < 1.29 is 9.59 Å². The van der Waals surface area contributed by atoms with E-state index < -0.39 is 0 Å². The van der Waals surface area contributed by atoms with Gasteiger partial charge in [0.2, 0.25) is 11.8 Å². The van der Waals surface area contributed by atoms with E-state index in [0.29, 0.717) is 12.3 Å². The molecule has 3 rings (SSSR count). The summed E-state index contributed by atoms with van der Waals surface area (Å²) in [5.41, 5.74) is 1.13. The highest BCUT2D eigenvalue weighted by Crippen LogP contribution is 2.42. The Kier molecular flexibility index (Phi) is 4.34. The lowest BCUT2D eigenvalue weighted by Gasteiger charge is -2.34. The van der Waals surface area contributed by atoms with E-state index in [0.717, 1.165) is 18.4 Å². The molecule has 1 N–H and O–H groups in total. The summed E-state index contributed by atoms with van der Waals surface area (Å²) in [6.45, 7) is 0. The van der Waals surface area contributed by atoms with Crippen LogP contribution in [0.1, 0.15) is 43.6 Å². The molecule has 0 aromatic heterocycles. The smallest absolute Gasteiger partial charge is 0.230 e. The van der Waals surface area contributed by atoms with Crippen LogP contribution >= 0.6 is 11.8 Å². The number of nitrogens with one attached hydrogen (secondary N) is 1. The minimum Gasteiger partial charge on any atom is -0.296 e. The van der Waals surface area contributed by atoms with Crippen molar-refractivity contribution in [2.24, 2.45) is 11.8 Å². The zero-order chi connectivity index (χ0) is 14.8. The largest absolute Gasteiger partial charge is 0.296 e. The fourth-order valence-corrected chi connectivity index (χ4v) is 4.22. The Morgan fingerprint density at radius 3 is 2.38 bits per heavy atom. The lowest BCUT2D eigenvalue weighted by Crippen LogP contribution is -2.47. The zero-order valence-electron chi connectivity index (χ0n) is 12.3. The van der Waals surface area contributed by atoms with Crippen LogP contribution in [0.2, 0.25) is 0 Å². The molecule has 2 amide bonds. The van der Waals surface area contributed by atoms with E-state index in [4.69, 9.17) is 0 Å². The third-order valence-electron chi connectivity index (χ3n) is 4.86. The highest BCUT2D eigenvalue weighted by Gasteiger charge is 2.42. The third-order valence-corrected chi connectivity index (χ3v) is 5.60. The topological polar surface area (TPSA) is 46.2 Å². The lowest BCUT2D eigenvalue weighted by molar-refractivity contribution is -0.138. The highest BCUT2D eigenvalue weighted by atomic mass is 32.2. The van der Waals surface area contributed by atoms with Crippen LogP contribution in [-0.2, 0) is 9.59 Å². The van der Waals surface area contributed by atoms with Gasteiger partial charge in [-0.3, -0.25) is 14.9 Å². The highest BCUT2D eigenvalue weighted by molar-refractivity contribution is 7.98. The molecule has 1 aliphatic heterocycles. The number of amides is 2. The van der Waals surface area contributed by atoms with E-state index >= 15 is 0 Å². The number of thioether (sulfide) groups is 1. The van der Waals surface area contributed by atoms with Crippen molar-refractivity contribution in [1.82, 2.24) is 5.32 Å². The summed E-state index contributed by atoms with van der Waals surface area (Å²) in [7, 11) is 0. The van der Waals surface area contributed by atoms with Gasteiger partial charge in [-0.15, -0.1) is 11.8 Å². The van der Waals surface area contributed by atoms with Crippen LogP contribution in [0.5, 0.6) is 0 Å². The summed E-state index contributed by atoms with van der Waals surface area (Å²) in [4.78, 5) is 25.4. The molecule has 2 atom stereocenters. The van der Waals surface area contributed by atoms with Crippen LogP contribution in [0, 0.1) is 11.8 Å². The van der Waals surface area contributed by atoms with Gasteiger partial charge in [-0.25, -0.2) is 0 Å². The molecule has 2 aliphatic rings. The number of hydrogen-bond donors (Lipinski definition) is 1. The van der Waals surface area contributed by atoms with Crippen LogP contribution in [0.25, 0.3) is 0 Å². The second-order valence-corrected chi connectivity index (χ2v) is 6.95. The van der Waals surface area contributed by atoms with Gasteiger partial charge >= 0.3 is 0 Å². The standard InChI is InChI=1S/C17H21NO2S/c1-21-13-8-6-11(7-9-13)14-10-15(19)18-17(20)16(14)12-4-2-3-5-12/h6-9,12,14,16H,2-5,10H2,1H3,(H,18,19,20). The van der Waals surface area contributed by atoms with E-state index in [1.165, 1.54) is 17.7 Å². The monoisotopic (exact) mass is 303 g/mol. The van der Waals surface area contributed by atoms with Crippen molar-refractivity contribution in [2.75, 3.05) is 6.26 Å². The van der Waals surface area contributed by atoms with Gasteiger partial charge in [-0.2, -0.15) is 0 Å². The molecule has 1 aromatic carbocycles. The van der Waals surface area contributed by atoms with Gasteiger partial charge in [-0.05, 0) is 42.7 Å². The molecule has 112 valence electrons. The Morgan fingerprint density at radius 2 is 1.76 bits per heavy atom. The van der Waals surface area contributed by atoms with Gasteiger partial charge in [0.15, 0.2) is 0 Å². The van der Waals surface area contributed by atoms with Crippen LogP contribution < -0.4 is 5.32 Å². The Bertz CT molecular complexity index is 534. The van der Waals surface area contributed by atoms with Crippen LogP contribution in [-0.4, -0.2) is 18.1 Å². The minimum atomic E-state index is -0.131. The second-order valence-electron chi connectivity index (χ2n) is 6.07. The van der Waals surface area contributed by atoms with E-state index in [9.17, 15) is 9.59 Å². The van der Waals surface area contributed by atoms with Crippen molar-refractivity contribution in [1.29, 1.82) is 0 Å². The Hall–Kier alpha value is -1.29. The Labute approximate surface area is 129 Å². The van der Waals surface area contributed by atoms with E-state index in [2.05, 4.69) is 29.6 Å². The third kappa shape index (κ3) is 3.00. The van der Waals surface area contributed by atoms with E-state index in [1.54, 1.807) is 11.8 Å². The first-order valence-electron chi connectivity index (χ1n) is 7.66. The number of imide groups is 1. The van der Waals surface area contributed by atoms with Gasteiger partial charge < -0.3 is 0 Å². The number of rotatable bonds is 3. The number of carbonyl (C=O) groups is 2. The Balaban J connectivity index is 1.90. The average Bonchev–Trinajstić information content (AvgIpc) is 3.00. The van der Waals surface area contributed by atoms with Crippen molar-refractivity contribution in [3.8, 4) is 0 Å². The number of piperidine rings is 1. The van der Waals surface area contributed by atoms with Crippen LogP contribution in [0.4, 0.5) is 0 Å². The number of carbonyl (C=O) groups excluding carboxylic acids is 2. The molecular weight excluding hydrogens is 282 g/mol. The molecule has 1 saturated heterocycles. The van der Waals surface area contributed by atoms with Crippen molar-refractivity contribution in [3.05, 3.63) is 29.8 Å². The molecule has 4 heteroatoms. The molecular formula is C17H21NO2S. The number of benzene rings is 1. The molecule has 1 aromatic rings. The SMILES string of the molecule is CSc1ccc(C2CC(=O)NC(=O)C2C2CCCC2)cc1. The second kappa shape index (κ2) is 6.22. The molecule has 0 spiro atoms. The summed E-state index contributed by atoms with van der Waals surface area (Å²) < 4.78 is 0. The van der Waals surface area contributed by atoms with Crippen LogP contribution in [0.3, 0.4) is 0 Å². The zero-order valence-corrected chi connectivity index (χ0v) is 13.1. The normalized spacial score (nSPS) is 26.9. The summed E-state index contributed by atoms with van der Waals surface area (Å²) in [5, 5.41) is 2.55. The first-order valence-corrected chi connectivity index (χ1v) is 8.89. The summed E-state index contributed by atoms with van der Waals surface area (Å²) in [5.74, 6) is 0.254. The summed E-state index contributed by atoms with van der Waals surface area (Å²) >= 11 is 1.71. The molecule has 1 saturated carbocycles. The maximum Gasteiger partial charge on any atom is 0.230 e. The summed E-state index contributed by atoms with van der Waals surface area (Å²) in [6, 6.07) is 8.35. The predicted molar refractivity (Wildman–Crippen MR) is 84.2 cm³/mol. The van der Waals surface area contributed by atoms with Crippen molar-refractivity contribution >= 4 is 23.6 Å². The van der Waals surface area contributed by atoms with Gasteiger partial charge in [-0.1, -0.05) is 25.0 Å². The average molecular weight is 303 g/mol. The molecule has 2 fully saturated rings. The van der Waals surface area contributed by atoms with E-state index in [-0.39, 0.29) is 23.7 Å². The molecule has 21 heavy (non-hydrogen) atoms. The molecule has 0 bridgehead atoms. The van der Waals surface area contributed by atoms with Crippen LogP contribution in [0.15, 0.2) is 29.2 Å². The fourth-order valence-electron chi connectivity index (χ4n) is 3.82. The molecule has 1 heterocycles. The molecule has 0 radical (unpaired) electrons. The predicted octanol–water partition coefficient (Wildman–Crippen LogP) is 3.35.